The van der Waals surface area contributed by atoms with Gasteiger partial charge >= 0.3 is 0 Å². The van der Waals surface area contributed by atoms with E-state index in [2.05, 4.69) is 15.6 Å². The lowest BCUT2D eigenvalue weighted by Gasteiger charge is -2.08. The van der Waals surface area contributed by atoms with Crippen LogP contribution in [0.25, 0.3) is 0 Å². The minimum absolute atomic E-state index is 0.0675. The third-order valence-electron chi connectivity index (χ3n) is 3.35. The molecule has 0 saturated heterocycles. The van der Waals surface area contributed by atoms with Gasteiger partial charge in [-0.2, -0.15) is 0 Å². The van der Waals surface area contributed by atoms with Crippen LogP contribution in [0.3, 0.4) is 0 Å². The normalized spacial score (nSPS) is 10.4. The molecule has 2 rings (SSSR count). The van der Waals surface area contributed by atoms with Crippen LogP contribution in [0.1, 0.15) is 22.7 Å². The van der Waals surface area contributed by atoms with E-state index < -0.39 is 4.92 Å². The van der Waals surface area contributed by atoms with Crippen molar-refractivity contribution in [2.45, 2.75) is 26.7 Å². The zero-order chi connectivity index (χ0) is 17.5. The number of amides is 1. The summed E-state index contributed by atoms with van der Waals surface area (Å²) in [5.41, 5.74) is 2.19. The van der Waals surface area contributed by atoms with Crippen LogP contribution >= 0.6 is 11.3 Å². The number of hydrogen-bond donors (Lipinski definition) is 2. The Bertz CT molecular complexity index is 730. The predicted octanol–water partition coefficient (Wildman–Crippen LogP) is 2.83. The van der Waals surface area contributed by atoms with E-state index in [-0.39, 0.29) is 18.0 Å². The van der Waals surface area contributed by atoms with E-state index in [9.17, 15) is 14.9 Å². The first-order valence-electron chi connectivity index (χ1n) is 7.62. The third-order valence-corrected chi connectivity index (χ3v) is 4.17. The van der Waals surface area contributed by atoms with Crippen molar-refractivity contribution in [1.82, 2.24) is 10.3 Å². The number of anilines is 1. The van der Waals surface area contributed by atoms with Crippen molar-refractivity contribution in [1.29, 1.82) is 0 Å². The molecular weight excluding hydrogens is 328 g/mol. The van der Waals surface area contributed by atoms with Gasteiger partial charge < -0.3 is 10.6 Å². The summed E-state index contributed by atoms with van der Waals surface area (Å²) in [7, 11) is 0. The highest BCUT2D eigenvalue weighted by Gasteiger charge is 2.13. The number of rotatable bonds is 8. The average Bonchev–Trinajstić information content (AvgIpc) is 2.93. The summed E-state index contributed by atoms with van der Waals surface area (Å²) in [6, 6.07) is 5.07. The molecule has 1 heterocycles. The van der Waals surface area contributed by atoms with Crippen LogP contribution in [0.2, 0.25) is 0 Å². The highest BCUT2D eigenvalue weighted by molar-refractivity contribution is 7.09. The van der Waals surface area contributed by atoms with E-state index in [0.29, 0.717) is 25.2 Å². The predicted molar refractivity (Wildman–Crippen MR) is 94.5 cm³/mol. The highest BCUT2D eigenvalue weighted by atomic mass is 32.1. The number of nitro groups is 1. The van der Waals surface area contributed by atoms with Gasteiger partial charge in [-0.25, -0.2) is 4.98 Å². The quantitative estimate of drug-likeness (QED) is 0.434. The number of carbonyl (C=O) groups excluding carboxylic acids is 1. The zero-order valence-corrected chi connectivity index (χ0v) is 14.5. The topological polar surface area (TPSA) is 97.2 Å². The molecule has 128 valence electrons. The van der Waals surface area contributed by atoms with Gasteiger partial charge in [0.25, 0.3) is 5.69 Å². The van der Waals surface area contributed by atoms with Crippen LogP contribution in [0.4, 0.5) is 11.4 Å². The van der Waals surface area contributed by atoms with Gasteiger partial charge in [0.05, 0.1) is 22.0 Å². The second-order valence-electron chi connectivity index (χ2n) is 5.44. The van der Waals surface area contributed by atoms with Crippen LogP contribution in [-0.2, 0) is 11.2 Å². The fraction of sp³-hybridized carbons (Fsp3) is 0.375. The molecule has 0 saturated carbocycles. The van der Waals surface area contributed by atoms with E-state index in [1.165, 1.54) is 11.3 Å². The van der Waals surface area contributed by atoms with E-state index in [4.69, 9.17) is 0 Å². The maximum Gasteiger partial charge on any atom is 0.292 e. The Labute approximate surface area is 144 Å². The molecule has 0 unspecified atom stereocenters. The van der Waals surface area contributed by atoms with Crippen molar-refractivity contribution in [2.75, 3.05) is 18.4 Å². The maximum atomic E-state index is 11.8. The molecule has 0 fully saturated rings. The molecule has 2 N–H and O–H groups in total. The molecular formula is C16H20N4O3S. The Hall–Kier alpha value is -2.48. The molecule has 0 spiro atoms. The van der Waals surface area contributed by atoms with Crippen LogP contribution in [0.15, 0.2) is 23.6 Å². The number of nitrogens with zero attached hydrogens (tertiary/aromatic N) is 2. The molecule has 0 aliphatic heterocycles. The number of nitrogens with one attached hydrogen (secondary N) is 2. The largest absolute Gasteiger partial charge is 0.379 e. The highest BCUT2D eigenvalue weighted by Crippen LogP contribution is 2.25. The van der Waals surface area contributed by atoms with Crippen molar-refractivity contribution >= 4 is 28.6 Å². The Balaban J connectivity index is 1.71. The zero-order valence-electron chi connectivity index (χ0n) is 13.7. The van der Waals surface area contributed by atoms with E-state index >= 15 is 0 Å². The first-order chi connectivity index (χ1) is 11.5. The first kappa shape index (κ1) is 17.9. The monoisotopic (exact) mass is 348 g/mol. The minimum Gasteiger partial charge on any atom is -0.379 e. The van der Waals surface area contributed by atoms with Gasteiger partial charge in [-0.3, -0.25) is 14.9 Å². The molecule has 24 heavy (non-hydrogen) atoms. The standard InChI is InChI=1S/C16H20N4O3S/c1-11-4-5-14(15(8-11)20(22)23)17-6-3-7-18-16(21)9-13-10-24-12(2)19-13/h4-5,8,10,17H,3,6-7,9H2,1-2H3,(H,18,21). The molecule has 7 nitrogen and oxygen atoms in total. The summed E-state index contributed by atoms with van der Waals surface area (Å²) in [5, 5.41) is 19.7. The Morgan fingerprint density at radius 2 is 2.12 bits per heavy atom. The molecule has 1 amide bonds. The van der Waals surface area contributed by atoms with Crippen LogP contribution < -0.4 is 10.6 Å². The van der Waals surface area contributed by atoms with Gasteiger partial charge in [-0.1, -0.05) is 6.07 Å². The van der Waals surface area contributed by atoms with Crippen molar-refractivity contribution < 1.29 is 9.72 Å². The fourth-order valence-electron chi connectivity index (χ4n) is 2.20. The molecule has 0 aliphatic rings. The number of aryl methyl sites for hydroxylation is 2. The number of benzene rings is 1. The Morgan fingerprint density at radius 1 is 1.33 bits per heavy atom. The summed E-state index contributed by atoms with van der Waals surface area (Å²) in [5.74, 6) is -0.0679. The lowest BCUT2D eigenvalue weighted by molar-refractivity contribution is -0.384. The molecule has 0 aliphatic carbocycles. The molecule has 1 aromatic carbocycles. The van der Waals surface area contributed by atoms with Gasteiger partial charge in [0.15, 0.2) is 0 Å². The van der Waals surface area contributed by atoms with Crippen molar-refractivity contribution in [3.05, 3.63) is 50.0 Å². The Morgan fingerprint density at radius 3 is 2.79 bits per heavy atom. The van der Waals surface area contributed by atoms with Gasteiger partial charge in [-0.05, 0) is 31.9 Å². The summed E-state index contributed by atoms with van der Waals surface area (Å²) < 4.78 is 0. The molecule has 0 atom stereocenters. The van der Waals surface area contributed by atoms with Gasteiger partial charge in [0.1, 0.15) is 5.69 Å². The lowest BCUT2D eigenvalue weighted by atomic mass is 10.2. The number of aromatic nitrogens is 1. The SMILES string of the molecule is Cc1ccc(NCCCNC(=O)Cc2csc(C)n2)c([N+](=O)[O-])c1. The summed E-state index contributed by atoms with van der Waals surface area (Å²) >= 11 is 1.52. The average molecular weight is 348 g/mol. The van der Waals surface area contributed by atoms with Crippen LogP contribution in [-0.4, -0.2) is 28.9 Å². The lowest BCUT2D eigenvalue weighted by Crippen LogP contribution is -2.27. The summed E-state index contributed by atoms with van der Waals surface area (Å²) in [4.78, 5) is 26.7. The third kappa shape index (κ3) is 5.31. The first-order valence-corrected chi connectivity index (χ1v) is 8.50. The summed E-state index contributed by atoms with van der Waals surface area (Å²) in [6.07, 6.45) is 0.952. The van der Waals surface area contributed by atoms with Crippen molar-refractivity contribution in [2.24, 2.45) is 0 Å². The molecule has 1 aromatic heterocycles. The maximum absolute atomic E-state index is 11.8. The van der Waals surface area contributed by atoms with E-state index in [0.717, 1.165) is 16.3 Å². The van der Waals surface area contributed by atoms with Crippen molar-refractivity contribution in [3.63, 3.8) is 0 Å². The number of hydrogen-bond acceptors (Lipinski definition) is 6. The minimum atomic E-state index is -0.396. The van der Waals surface area contributed by atoms with E-state index in [1.54, 1.807) is 12.1 Å². The van der Waals surface area contributed by atoms with Crippen LogP contribution in [0, 0.1) is 24.0 Å². The van der Waals surface area contributed by atoms with Crippen LogP contribution in [0.5, 0.6) is 0 Å². The number of thiazole rings is 1. The van der Waals surface area contributed by atoms with Gasteiger partial charge in [0, 0.05) is 24.5 Å². The molecule has 0 bridgehead atoms. The van der Waals surface area contributed by atoms with Gasteiger partial charge in [0.2, 0.25) is 5.91 Å². The smallest absolute Gasteiger partial charge is 0.292 e. The number of carbonyl (C=O) groups is 1. The number of nitro benzene ring substituents is 1. The fourth-order valence-corrected chi connectivity index (χ4v) is 2.81. The Kier molecular flexibility index (Phi) is 6.25. The molecule has 0 radical (unpaired) electrons. The second kappa shape index (κ2) is 8.39. The van der Waals surface area contributed by atoms with Gasteiger partial charge in [-0.15, -0.1) is 11.3 Å². The van der Waals surface area contributed by atoms with Crippen molar-refractivity contribution in [3.8, 4) is 0 Å². The molecule has 8 heteroatoms. The summed E-state index contributed by atoms with van der Waals surface area (Å²) in [6.45, 7) is 4.77. The van der Waals surface area contributed by atoms with E-state index in [1.807, 2.05) is 25.3 Å². The second-order valence-corrected chi connectivity index (χ2v) is 6.50. The molecule has 2 aromatic rings.